The van der Waals surface area contributed by atoms with Crippen molar-refractivity contribution in [3.8, 4) is 22.9 Å². The van der Waals surface area contributed by atoms with E-state index in [1.54, 1.807) is 56.3 Å². The number of aryl methyl sites for hydroxylation is 3. The van der Waals surface area contributed by atoms with Crippen LogP contribution < -0.4 is 26.3 Å². The first-order valence-corrected chi connectivity index (χ1v) is 13.1. The molecular weight excluding hydrogens is 527 g/mol. The first-order valence-electron chi connectivity index (χ1n) is 13.1. The Morgan fingerprint density at radius 1 is 0.902 bits per heavy atom. The normalized spacial score (nSPS) is 10.7. The summed E-state index contributed by atoms with van der Waals surface area (Å²) in [6.07, 6.45) is 1.54. The molecule has 0 atom stereocenters. The number of halogens is 1. The second kappa shape index (κ2) is 12.0. The lowest BCUT2D eigenvalue weighted by Gasteiger charge is -2.19. The lowest BCUT2D eigenvalue weighted by Crippen LogP contribution is -2.42. The average molecular weight is 559 g/mol. The number of aromatic nitrogens is 4. The Hall–Kier alpha value is -4.99. The molecule has 0 N–H and O–H groups in total. The largest absolute Gasteiger partial charge is 0.497 e. The van der Waals surface area contributed by atoms with E-state index in [1.807, 2.05) is 13.8 Å². The molecule has 0 saturated carbocycles. The maximum Gasteiger partial charge on any atom is 0.337 e. The van der Waals surface area contributed by atoms with Crippen LogP contribution in [-0.4, -0.2) is 25.8 Å². The molecule has 3 aromatic heterocycles. The minimum Gasteiger partial charge on any atom is -0.497 e. The molecule has 0 unspecified atom stereocenters. The van der Waals surface area contributed by atoms with Gasteiger partial charge in [0.1, 0.15) is 34.1 Å². The highest BCUT2D eigenvalue weighted by Gasteiger charge is 2.23. The molecule has 0 spiro atoms. The van der Waals surface area contributed by atoms with Gasteiger partial charge in [0.2, 0.25) is 0 Å². The second-order valence-electron chi connectivity index (χ2n) is 9.15. The zero-order chi connectivity index (χ0) is 29.8. The summed E-state index contributed by atoms with van der Waals surface area (Å²) >= 11 is 0. The number of rotatable bonds is 6. The van der Waals surface area contributed by atoms with E-state index in [0.717, 1.165) is 13.7 Å². The molecule has 0 fully saturated rings. The Balaban J connectivity index is 0.00000189. The van der Waals surface area contributed by atoms with Crippen LogP contribution in [0.2, 0.25) is 0 Å². The van der Waals surface area contributed by atoms with Crippen molar-refractivity contribution in [3.63, 3.8) is 0 Å². The van der Waals surface area contributed by atoms with Crippen LogP contribution in [0.25, 0.3) is 16.7 Å². The van der Waals surface area contributed by atoms with E-state index in [2.05, 4.69) is 4.98 Å². The Morgan fingerprint density at radius 3 is 2.24 bits per heavy atom. The van der Waals surface area contributed by atoms with Gasteiger partial charge in [0.05, 0.1) is 19.3 Å². The minimum absolute atomic E-state index is 0.0559. The molecule has 5 aromatic rings. The van der Waals surface area contributed by atoms with E-state index >= 15 is 4.39 Å². The van der Waals surface area contributed by atoms with E-state index in [-0.39, 0.29) is 29.0 Å². The maximum atomic E-state index is 15.3. The van der Waals surface area contributed by atoms with Gasteiger partial charge in [0, 0.05) is 31.1 Å². The molecule has 9 nitrogen and oxygen atoms in total. The van der Waals surface area contributed by atoms with Crippen molar-refractivity contribution >= 4 is 11.0 Å². The van der Waals surface area contributed by atoms with Crippen LogP contribution in [0.15, 0.2) is 81.2 Å². The molecule has 0 radical (unpaired) electrons. The molecule has 212 valence electrons. The molecule has 2 aromatic carbocycles. The number of hydrogen-bond acceptors (Lipinski definition) is 6. The molecule has 10 heteroatoms. The lowest BCUT2D eigenvalue weighted by atomic mass is 10.2. The third-order valence-corrected chi connectivity index (χ3v) is 6.41. The van der Waals surface area contributed by atoms with Crippen molar-refractivity contribution in [2.45, 2.75) is 34.2 Å². The highest BCUT2D eigenvalue weighted by atomic mass is 19.1. The number of fused-ring (bicyclic) bond motifs is 1. The topological polar surface area (TPSA) is 97.3 Å². The monoisotopic (exact) mass is 558 g/mol. The Bertz CT molecular complexity index is 1910. The summed E-state index contributed by atoms with van der Waals surface area (Å²) in [4.78, 5) is 45.1. The molecule has 5 rings (SSSR count). The van der Waals surface area contributed by atoms with E-state index in [4.69, 9.17) is 9.47 Å². The van der Waals surface area contributed by atoms with Crippen LogP contribution in [0.5, 0.6) is 17.2 Å². The van der Waals surface area contributed by atoms with Crippen LogP contribution in [0.4, 0.5) is 4.39 Å². The van der Waals surface area contributed by atoms with Crippen LogP contribution in [-0.2, 0) is 13.6 Å². The molecule has 0 aliphatic carbocycles. The van der Waals surface area contributed by atoms with Gasteiger partial charge in [-0.15, -0.1) is 0 Å². The van der Waals surface area contributed by atoms with Gasteiger partial charge >= 0.3 is 5.69 Å². The third-order valence-electron chi connectivity index (χ3n) is 6.41. The van der Waals surface area contributed by atoms with E-state index < -0.39 is 22.6 Å². The Morgan fingerprint density at radius 2 is 1.61 bits per heavy atom. The molecule has 0 aliphatic rings. The molecule has 41 heavy (non-hydrogen) atoms. The number of pyridine rings is 2. The summed E-state index contributed by atoms with van der Waals surface area (Å²) in [5.41, 5.74) is -0.289. The van der Waals surface area contributed by atoms with Crippen molar-refractivity contribution in [1.29, 1.82) is 0 Å². The van der Waals surface area contributed by atoms with Gasteiger partial charge in [-0.05, 0) is 55.3 Å². The standard InChI is InChI=1S/C29H25FN4O5.C2H6/c1-17-5-10-23(22(30)13-17)34-27-26(24(15-25(35)32(27)3)39-21-11-12-31-18(2)14-21)28(36)33(29(34)37)16-19-6-8-20(38-4)9-7-19;1-2/h5-15H,16H2,1-4H3;1-2H3. The SMILES string of the molecule is CC.COc1ccc(Cn2c(=O)c3c(Oc4ccnc(C)c4)cc(=O)n(C)c3n(-c3ccc(C)cc3F)c2=O)cc1. The average Bonchev–Trinajstić information content (AvgIpc) is 2.96. The molecule has 0 aliphatic heterocycles. The van der Waals surface area contributed by atoms with Crippen molar-refractivity contribution in [1.82, 2.24) is 18.7 Å². The van der Waals surface area contributed by atoms with Gasteiger partial charge < -0.3 is 9.47 Å². The molecule has 0 saturated heterocycles. The fraction of sp³-hybridized carbons (Fsp3) is 0.226. The molecule has 0 amide bonds. The first kappa shape index (κ1) is 29.0. The maximum absolute atomic E-state index is 15.3. The number of methoxy groups -OCH3 is 1. The summed E-state index contributed by atoms with van der Waals surface area (Å²) in [5.74, 6) is 0.213. The third kappa shape index (κ3) is 5.67. The highest BCUT2D eigenvalue weighted by Crippen LogP contribution is 2.27. The van der Waals surface area contributed by atoms with Crippen molar-refractivity contribution in [2.24, 2.45) is 7.05 Å². The quantitative estimate of drug-likeness (QED) is 0.295. The van der Waals surface area contributed by atoms with Gasteiger partial charge in [-0.3, -0.25) is 23.7 Å². The smallest absolute Gasteiger partial charge is 0.337 e. The van der Waals surface area contributed by atoms with Crippen LogP contribution >= 0.6 is 0 Å². The summed E-state index contributed by atoms with van der Waals surface area (Å²) in [5, 5.41) is -0.0559. The lowest BCUT2D eigenvalue weighted by molar-refractivity contribution is 0.414. The van der Waals surface area contributed by atoms with Gasteiger partial charge in [-0.2, -0.15) is 0 Å². The number of hydrogen-bond donors (Lipinski definition) is 0. The summed E-state index contributed by atoms with van der Waals surface area (Å²) < 4.78 is 29.7. The van der Waals surface area contributed by atoms with Crippen LogP contribution in [0.3, 0.4) is 0 Å². The van der Waals surface area contributed by atoms with E-state index in [9.17, 15) is 14.4 Å². The highest BCUT2D eigenvalue weighted by molar-refractivity contribution is 5.83. The zero-order valence-corrected chi connectivity index (χ0v) is 23.8. The summed E-state index contributed by atoms with van der Waals surface area (Å²) in [6.45, 7) is 7.38. The van der Waals surface area contributed by atoms with E-state index in [1.165, 1.54) is 38.6 Å². The fourth-order valence-electron chi connectivity index (χ4n) is 4.41. The number of nitrogens with zero attached hydrogens (tertiary/aromatic N) is 4. The zero-order valence-electron chi connectivity index (χ0n) is 23.8. The van der Waals surface area contributed by atoms with E-state index in [0.29, 0.717) is 28.3 Å². The van der Waals surface area contributed by atoms with Crippen LogP contribution in [0, 0.1) is 19.7 Å². The predicted octanol–water partition coefficient (Wildman–Crippen LogP) is 4.88. The second-order valence-corrected chi connectivity index (χ2v) is 9.15. The molecular formula is C31H31FN4O5. The summed E-state index contributed by atoms with van der Waals surface area (Å²) in [7, 11) is 2.95. The van der Waals surface area contributed by atoms with Gasteiger partial charge in [0.25, 0.3) is 11.1 Å². The van der Waals surface area contributed by atoms with Crippen molar-refractivity contribution in [3.05, 3.63) is 121 Å². The Labute approximate surface area is 235 Å². The predicted molar refractivity (Wildman–Crippen MR) is 156 cm³/mol. The molecule has 0 bridgehead atoms. The van der Waals surface area contributed by atoms with Crippen LogP contribution in [0.1, 0.15) is 30.7 Å². The molecule has 3 heterocycles. The van der Waals surface area contributed by atoms with Gasteiger partial charge in [0.15, 0.2) is 0 Å². The fourth-order valence-corrected chi connectivity index (χ4v) is 4.41. The minimum atomic E-state index is -0.807. The van der Waals surface area contributed by atoms with Crippen molar-refractivity contribution < 1.29 is 13.9 Å². The Kier molecular flexibility index (Phi) is 8.51. The van der Waals surface area contributed by atoms with Gasteiger partial charge in [-0.25, -0.2) is 13.8 Å². The van der Waals surface area contributed by atoms with Crippen molar-refractivity contribution in [2.75, 3.05) is 7.11 Å². The summed E-state index contributed by atoms with van der Waals surface area (Å²) in [6, 6.07) is 15.7. The number of ether oxygens (including phenoxy) is 2. The van der Waals surface area contributed by atoms with Gasteiger partial charge in [-0.1, -0.05) is 32.0 Å². The first-order chi connectivity index (χ1) is 19.7. The number of benzene rings is 2.